The van der Waals surface area contributed by atoms with Crippen molar-refractivity contribution in [3.63, 3.8) is 0 Å². The number of hydrogen-bond acceptors (Lipinski definition) is 4. The van der Waals surface area contributed by atoms with Gasteiger partial charge in [-0.1, -0.05) is 0 Å². The monoisotopic (exact) mass is 168 g/mol. The number of methoxy groups -OCH3 is 1. The molecule has 0 bridgehead atoms. The van der Waals surface area contributed by atoms with Crippen molar-refractivity contribution in [3.8, 4) is 0 Å². The summed E-state index contributed by atoms with van der Waals surface area (Å²) < 4.78 is 9.85. The minimum Gasteiger partial charge on any atom is -0.382 e. The molecule has 0 saturated carbocycles. The fourth-order valence-corrected chi connectivity index (χ4v) is 0.531. The second-order valence-corrected chi connectivity index (χ2v) is 2.44. The molecule has 0 saturated heterocycles. The molecule has 0 fully saturated rings. The van der Waals surface area contributed by atoms with Gasteiger partial charge in [0.25, 0.3) is 0 Å². The first-order chi connectivity index (χ1) is 4.31. The Morgan fingerprint density at radius 1 is 1.44 bits per heavy atom. The second-order valence-electron chi connectivity index (χ2n) is 1.50. The molecule has 0 radical (unpaired) electrons. The van der Waals surface area contributed by atoms with Crippen LogP contribution in [0.25, 0.3) is 0 Å². The van der Waals surface area contributed by atoms with E-state index in [1.807, 2.05) is 0 Å². The highest BCUT2D eigenvalue weighted by molar-refractivity contribution is 7.84. The minimum atomic E-state index is -0.0662. The van der Waals surface area contributed by atoms with Crippen molar-refractivity contribution in [2.24, 2.45) is 0 Å². The van der Waals surface area contributed by atoms with Crippen molar-refractivity contribution >= 4 is 25.3 Å². The summed E-state index contributed by atoms with van der Waals surface area (Å²) in [5, 5.41) is 0. The Kier molecular flexibility index (Phi) is 7.20. The molecule has 0 aromatic heterocycles. The van der Waals surface area contributed by atoms with E-state index < -0.39 is 0 Å². The molecular formula is C5H12O2S2. The number of hydrogen-bond donors (Lipinski definition) is 2. The molecule has 1 atom stereocenters. The Balaban J connectivity index is 2.88. The van der Waals surface area contributed by atoms with Gasteiger partial charge < -0.3 is 9.47 Å². The summed E-state index contributed by atoms with van der Waals surface area (Å²) >= 11 is 8.02. The second kappa shape index (κ2) is 6.74. The SMILES string of the molecule is COCCOC(S)CS. The van der Waals surface area contributed by atoms with Gasteiger partial charge >= 0.3 is 0 Å². The van der Waals surface area contributed by atoms with Crippen molar-refractivity contribution < 1.29 is 9.47 Å². The van der Waals surface area contributed by atoms with Crippen LogP contribution in [-0.2, 0) is 9.47 Å². The van der Waals surface area contributed by atoms with E-state index in [9.17, 15) is 0 Å². The standard InChI is InChI=1S/C5H12O2S2/c1-6-2-3-7-5(9)4-8/h5,8-9H,2-4H2,1H3. The van der Waals surface area contributed by atoms with E-state index in [1.54, 1.807) is 7.11 Å². The van der Waals surface area contributed by atoms with Gasteiger partial charge in [-0.15, -0.1) is 12.6 Å². The highest BCUT2D eigenvalue weighted by Crippen LogP contribution is 1.98. The molecule has 0 aromatic rings. The molecule has 0 aromatic carbocycles. The quantitative estimate of drug-likeness (QED) is 0.360. The summed E-state index contributed by atoms with van der Waals surface area (Å²) in [6, 6.07) is 0. The lowest BCUT2D eigenvalue weighted by Crippen LogP contribution is -2.10. The number of rotatable bonds is 5. The van der Waals surface area contributed by atoms with Gasteiger partial charge in [-0.2, -0.15) is 12.6 Å². The summed E-state index contributed by atoms with van der Waals surface area (Å²) in [5.41, 5.74) is -0.0662. The molecule has 56 valence electrons. The lowest BCUT2D eigenvalue weighted by atomic mass is 10.7. The summed E-state index contributed by atoms with van der Waals surface area (Å²) in [4.78, 5) is 0. The molecule has 0 aliphatic carbocycles. The van der Waals surface area contributed by atoms with E-state index >= 15 is 0 Å². The Labute approximate surface area is 66.7 Å². The molecule has 1 unspecified atom stereocenters. The van der Waals surface area contributed by atoms with Gasteiger partial charge in [0.1, 0.15) is 5.44 Å². The van der Waals surface area contributed by atoms with Crippen molar-refractivity contribution in [1.29, 1.82) is 0 Å². The number of ether oxygens (including phenoxy) is 2. The van der Waals surface area contributed by atoms with Crippen LogP contribution in [0.5, 0.6) is 0 Å². The van der Waals surface area contributed by atoms with Crippen molar-refractivity contribution in [3.05, 3.63) is 0 Å². The van der Waals surface area contributed by atoms with Crippen LogP contribution >= 0.6 is 25.3 Å². The van der Waals surface area contributed by atoms with Gasteiger partial charge in [0.15, 0.2) is 0 Å². The van der Waals surface area contributed by atoms with Crippen molar-refractivity contribution in [2.75, 3.05) is 26.1 Å². The maximum atomic E-state index is 5.09. The molecule has 0 amide bonds. The van der Waals surface area contributed by atoms with Gasteiger partial charge in [0.2, 0.25) is 0 Å². The third kappa shape index (κ3) is 6.51. The topological polar surface area (TPSA) is 18.5 Å². The Morgan fingerprint density at radius 2 is 2.11 bits per heavy atom. The molecular weight excluding hydrogens is 156 g/mol. The minimum absolute atomic E-state index is 0.0662. The first-order valence-electron chi connectivity index (χ1n) is 2.70. The van der Waals surface area contributed by atoms with Gasteiger partial charge in [-0.3, -0.25) is 0 Å². The first kappa shape index (κ1) is 9.62. The molecule has 0 spiro atoms. The normalized spacial score (nSPS) is 13.7. The maximum absolute atomic E-state index is 5.09. The van der Waals surface area contributed by atoms with E-state index in [-0.39, 0.29) is 5.44 Å². The van der Waals surface area contributed by atoms with E-state index in [1.165, 1.54) is 0 Å². The van der Waals surface area contributed by atoms with Crippen LogP contribution in [0.3, 0.4) is 0 Å². The van der Waals surface area contributed by atoms with Crippen molar-refractivity contribution in [1.82, 2.24) is 0 Å². The molecule has 0 rings (SSSR count). The van der Waals surface area contributed by atoms with Crippen LogP contribution < -0.4 is 0 Å². The molecule has 2 nitrogen and oxygen atoms in total. The predicted octanol–water partition coefficient (Wildman–Crippen LogP) is 0.835. The highest BCUT2D eigenvalue weighted by Gasteiger charge is 1.96. The fourth-order valence-electron chi connectivity index (χ4n) is 0.320. The third-order valence-corrected chi connectivity index (χ3v) is 1.71. The fraction of sp³-hybridized carbons (Fsp3) is 1.00. The number of thiol groups is 2. The van der Waals surface area contributed by atoms with Crippen molar-refractivity contribution in [2.45, 2.75) is 5.44 Å². The summed E-state index contributed by atoms with van der Waals surface area (Å²) in [6.45, 7) is 1.20. The van der Waals surface area contributed by atoms with Crippen LogP contribution in [0.15, 0.2) is 0 Å². The van der Waals surface area contributed by atoms with E-state index in [0.717, 1.165) is 0 Å². The average molecular weight is 168 g/mol. The van der Waals surface area contributed by atoms with E-state index in [0.29, 0.717) is 19.0 Å². The van der Waals surface area contributed by atoms with Crippen LogP contribution in [0.2, 0.25) is 0 Å². The molecule has 0 N–H and O–H groups in total. The molecule has 4 heteroatoms. The lowest BCUT2D eigenvalue weighted by molar-refractivity contribution is 0.0665. The van der Waals surface area contributed by atoms with Gasteiger partial charge in [-0.05, 0) is 0 Å². The summed E-state index contributed by atoms with van der Waals surface area (Å²) in [5.74, 6) is 0.632. The predicted molar refractivity (Wildman–Crippen MR) is 44.5 cm³/mol. The maximum Gasteiger partial charge on any atom is 0.109 e. The summed E-state index contributed by atoms with van der Waals surface area (Å²) in [7, 11) is 1.64. The largest absolute Gasteiger partial charge is 0.382 e. The lowest BCUT2D eigenvalue weighted by Gasteiger charge is -2.07. The van der Waals surface area contributed by atoms with Crippen LogP contribution in [0.4, 0.5) is 0 Å². The van der Waals surface area contributed by atoms with E-state index in [2.05, 4.69) is 25.3 Å². The zero-order chi connectivity index (χ0) is 7.11. The van der Waals surface area contributed by atoms with Crippen LogP contribution in [0, 0.1) is 0 Å². The first-order valence-corrected chi connectivity index (χ1v) is 3.85. The van der Waals surface area contributed by atoms with Crippen LogP contribution in [0.1, 0.15) is 0 Å². The Morgan fingerprint density at radius 3 is 2.56 bits per heavy atom. The highest BCUT2D eigenvalue weighted by atomic mass is 32.1. The van der Waals surface area contributed by atoms with Crippen LogP contribution in [-0.4, -0.2) is 31.5 Å². The van der Waals surface area contributed by atoms with Gasteiger partial charge in [0.05, 0.1) is 13.2 Å². The van der Waals surface area contributed by atoms with Gasteiger partial charge in [0, 0.05) is 12.9 Å². The zero-order valence-corrected chi connectivity index (χ0v) is 7.20. The van der Waals surface area contributed by atoms with E-state index in [4.69, 9.17) is 9.47 Å². The zero-order valence-electron chi connectivity index (χ0n) is 5.41. The Bertz CT molecular complexity index is 60.9. The molecule has 0 aliphatic heterocycles. The molecule has 0 aliphatic rings. The van der Waals surface area contributed by atoms with Gasteiger partial charge in [-0.25, -0.2) is 0 Å². The average Bonchev–Trinajstić information content (AvgIpc) is 1.89. The third-order valence-electron chi connectivity index (χ3n) is 0.754. The molecule has 9 heavy (non-hydrogen) atoms. The summed E-state index contributed by atoms with van der Waals surface area (Å²) in [6.07, 6.45) is 0. The molecule has 0 heterocycles. The smallest absolute Gasteiger partial charge is 0.109 e. The Hall–Kier alpha value is 0.620.